The van der Waals surface area contributed by atoms with Crippen LogP contribution in [0.15, 0.2) is 38.3 Å². The van der Waals surface area contributed by atoms with Crippen molar-refractivity contribution in [2.45, 2.75) is 37.8 Å². The number of furan rings is 1. The lowest BCUT2D eigenvalue weighted by Gasteiger charge is -2.10. The molecule has 144 valence electrons. The number of unbranched alkanes of at least 4 members (excludes halogenated alkanes) is 1. The van der Waals surface area contributed by atoms with Gasteiger partial charge in [-0.05, 0) is 49.4 Å². The van der Waals surface area contributed by atoms with Gasteiger partial charge in [0.15, 0.2) is 0 Å². The molecule has 0 aliphatic heterocycles. The number of anilines is 1. The van der Waals surface area contributed by atoms with Crippen LogP contribution >= 0.6 is 11.3 Å². The predicted octanol–water partition coefficient (Wildman–Crippen LogP) is 4.87. The maximum Gasteiger partial charge on any atom is 0.342 e. The van der Waals surface area contributed by atoms with Gasteiger partial charge >= 0.3 is 5.97 Å². The third kappa shape index (κ3) is 4.01. The van der Waals surface area contributed by atoms with Gasteiger partial charge in [-0.3, -0.25) is 4.72 Å². The average molecular weight is 408 g/mol. The van der Waals surface area contributed by atoms with Gasteiger partial charge in [0.05, 0.1) is 12.3 Å². The minimum atomic E-state index is -3.68. The second-order valence-electron chi connectivity index (χ2n) is 6.22. The maximum absolute atomic E-state index is 12.5. The summed E-state index contributed by atoms with van der Waals surface area (Å²) in [4.78, 5) is 12.5. The first-order chi connectivity index (χ1) is 12.8. The highest BCUT2D eigenvalue weighted by atomic mass is 32.2. The zero-order valence-corrected chi connectivity index (χ0v) is 17.0. The average Bonchev–Trinajstić information content (AvgIpc) is 3.23. The number of sulfonamides is 1. The van der Waals surface area contributed by atoms with Crippen LogP contribution in [0.25, 0.3) is 11.0 Å². The number of esters is 1. The van der Waals surface area contributed by atoms with Crippen LogP contribution in [0.5, 0.6) is 0 Å². The van der Waals surface area contributed by atoms with E-state index in [0.717, 1.165) is 24.2 Å². The second-order valence-corrected chi connectivity index (χ2v) is 9.08. The van der Waals surface area contributed by atoms with Crippen molar-refractivity contribution in [2.75, 3.05) is 11.3 Å². The van der Waals surface area contributed by atoms with E-state index in [1.807, 2.05) is 6.92 Å². The monoisotopic (exact) mass is 407 g/mol. The topological polar surface area (TPSA) is 85.6 Å². The molecule has 27 heavy (non-hydrogen) atoms. The molecule has 0 radical (unpaired) electrons. The van der Waals surface area contributed by atoms with Crippen molar-refractivity contribution in [1.82, 2.24) is 0 Å². The van der Waals surface area contributed by atoms with Crippen molar-refractivity contribution < 1.29 is 22.4 Å². The largest absolute Gasteiger partial charge is 0.462 e. The van der Waals surface area contributed by atoms with Gasteiger partial charge in [0.25, 0.3) is 10.0 Å². The van der Waals surface area contributed by atoms with Gasteiger partial charge in [-0.1, -0.05) is 19.4 Å². The number of rotatable bonds is 7. The SMILES string of the molecule is CCCCOC(=O)c1c(C)oc2cc(C)c(NS(=O)(=O)c3cccs3)cc12. The summed E-state index contributed by atoms with van der Waals surface area (Å²) in [6.07, 6.45) is 1.71. The molecule has 1 N–H and O–H groups in total. The number of carbonyl (C=O) groups excluding carboxylic acids is 1. The van der Waals surface area contributed by atoms with Gasteiger partial charge in [0.1, 0.15) is 21.1 Å². The molecule has 3 aromatic rings. The summed E-state index contributed by atoms with van der Waals surface area (Å²) >= 11 is 1.14. The van der Waals surface area contributed by atoms with Crippen LogP contribution in [0.2, 0.25) is 0 Å². The van der Waals surface area contributed by atoms with Gasteiger partial charge in [-0.2, -0.15) is 0 Å². The van der Waals surface area contributed by atoms with Crippen molar-refractivity contribution in [2.24, 2.45) is 0 Å². The lowest BCUT2D eigenvalue weighted by atomic mass is 10.1. The molecule has 0 unspecified atom stereocenters. The molecule has 0 aliphatic rings. The third-order valence-corrected chi connectivity index (χ3v) is 6.91. The standard InChI is InChI=1S/C19H21NO5S2/c1-4-5-8-24-19(21)18-13(3)25-16-10-12(2)15(11-14(16)18)20-27(22,23)17-7-6-9-26-17/h6-7,9-11,20H,4-5,8H2,1-3H3. The fraction of sp³-hybridized carbons (Fsp3) is 0.316. The van der Waals surface area contributed by atoms with Crippen LogP contribution in [0, 0.1) is 13.8 Å². The Kier molecular flexibility index (Phi) is 5.57. The molecule has 0 aliphatic carbocycles. The van der Waals surface area contributed by atoms with Gasteiger partial charge in [0, 0.05) is 5.39 Å². The van der Waals surface area contributed by atoms with E-state index in [1.165, 1.54) is 0 Å². The summed E-state index contributed by atoms with van der Waals surface area (Å²) in [6, 6.07) is 6.57. The van der Waals surface area contributed by atoms with Crippen molar-refractivity contribution >= 4 is 44.0 Å². The summed E-state index contributed by atoms with van der Waals surface area (Å²) in [5.74, 6) is -0.0141. The van der Waals surface area contributed by atoms with E-state index in [1.54, 1.807) is 43.5 Å². The van der Waals surface area contributed by atoms with E-state index in [9.17, 15) is 13.2 Å². The number of fused-ring (bicyclic) bond motifs is 1. The fourth-order valence-corrected chi connectivity index (χ4v) is 4.84. The van der Waals surface area contributed by atoms with Crippen LogP contribution in [0.4, 0.5) is 5.69 Å². The van der Waals surface area contributed by atoms with E-state index in [4.69, 9.17) is 9.15 Å². The maximum atomic E-state index is 12.5. The highest BCUT2D eigenvalue weighted by Gasteiger charge is 2.22. The normalized spacial score (nSPS) is 11.7. The number of benzene rings is 1. The number of nitrogens with one attached hydrogen (secondary N) is 1. The summed E-state index contributed by atoms with van der Waals surface area (Å²) < 4.78 is 38.9. The lowest BCUT2D eigenvalue weighted by Crippen LogP contribution is -2.12. The highest BCUT2D eigenvalue weighted by Crippen LogP contribution is 2.32. The number of carbonyl (C=O) groups is 1. The summed E-state index contributed by atoms with van der Waals surface area (Å²) in [5, 5.41) is 2.23. The molecule has 0 atom stereocenters. The minimum absolute atomic E-state index is 0.226. The van der Waals surface area contributed by atoms with Crippen LogP contribution < -0.4 is 4.72 Å². The van der Waals surface area contributed by atoms with E-state index in [-0.39, 0.29) is 4.21 Å². The number of aryl methyl sites for hydroxylation is 2. The van der Waals surface area contributed by atoms with E-state index < -0.39 is 16.0 Å². The highest BCUT2D eigenvalue weighted by molar-refractivity contribution is 7.94. The smallest absolute Gasteiger partial charge is 0.342 e. The summed E-state index contributed by atoms with van der Waals surface area (Å²) in [7, 11) is -3.68. The zero-order chi connectivity index (χ0) is 19.6. The van der Waals surface area contributed by atoms with E-state index >= 15 is 0 Å². The Morgan fingerprint density at radius 1 is 1.30 bits per heavy atom. The van der Waals surface area contributed by atoms with Gasteiger partial charge in [-0.15, -0.1) is 11.3 Å². The first-order valence-corrected chi connectivity index (χ1v) is 11.0. The molecular formula is C19H21NO5S2. The Bertz CT molecular complexity index is 1070. The van der Waals surface area contributed by atoms with Crippen molar-refractivity contribution in [3.63, 3.8) is 0 Å². The molecule has 0 amide bonds. The van der Waals surface area contributed by atoms with Gasteiger partial charge in [0.2, 0.25) is 0 Å². The Morgan fingerprint density at radius 3 is 2.74 bits per heavy atom. The van der Waals surface area contributed by atoms with Crippen molar-refractivity contribution in [1.29, 1.82) is 0 Å². The van der Waals surface area contributed by atoms with Crippen molar-refractivity contribution in [3.05, 3.63) is 46.5 Å². The second kappa shape index (κ2) is 7.74. The van der Waals surface area contributed by atoms with Crippen molar-refractivity contribution in [3.8, 4) is 0 Å². The molecule has 8 heteroatoms. The van der Waals surface area contributed by atoms with Crippen LogP contribution in [0.1, 0.15) is 41.4 Å². The molecule has 0 bridgehead atoms. The first-order valence-electron chi connectivity index (χ1n) is 8.60. The number of thiophene rings is 1. The molecule has 3 rings (SSSR count). The molecule has 1 aromatic carbocycles. The zero-order valence-electron chi connectivity index (χ0n) is 15.4. The lowest BCUT2D eigenvalue weighted by molar-refractivity contribution is 0.0500. The minimum Gasteiger partial charge on any atom is -0.462 e. The summed E-state index contributed by atoms with van der Waals surface area (Å²) in [5.41, 5.74) is 1.95. The molecule has 0 saturated carbocycles. The number of ether oxygens (including phenoxy) is 1. The van der Waals surface area contributed by atoms with Crippen LogP contribution in [-0.4, -0.2) is 21.0 Å². The molecular weight excluding hydrogens is 386 g/mol. The predicted molar refractivity (Wildman–Crippen MR) is 106 cm³/mol. The van der Waals surface area contributed by atoms with E-state index in [0.29, 0.717) is 40.2 Å². The Balaban J connectivity index is 1.99. The van der Waals surface area contributed by atoms with Crippen LogP contribution in [-0.2, 0) is 14.8 Å². The van der Waals surface area contributed by atoms with Gasteiger partial charge in [-0.25, -0.2) is 13.2 Å². The Hall–Kier alpha value is -2.32. The van der Waals surface area contributed by atoms with Gasteiger partial charge < -0.3 is 9.15 Å². The third-order valence-electron chi connectivity index (χ3n) is 4.15. The van der Waals surface area contributed by atoms with E-state index in [2.05, 4.69) is 4.72 Å². The molecule has 6 nitrogen and oxygen atoms in total. The van der Waals surface area contributed by atoms with Crippen LogP contribution in [0.3, 0.4) is 0 Å². The molecule has 0 spiro atoms. The fourth-order valence-electron chi connectivity index (χ4n) is 2.72. The number of hydrogen-bond acceptors (Lipinski definition) is 6. The molecule has 0 fully saturated rings. The molecule has 0 saturated heterocycles. The Labute approximate surface area is 162 Å². The molecule has 2 heterocycles. The summed E-state index contributed by atoms with van der Waals surface area (Å²) in [6.45, 7) is 5.83. The quantitative estimate of drug-likeness (QED) is 0.446. The number of hydrogen-bond donors (Lipinski definition) is 1. The molecule has 2 aromatic heterocycles. The first kappa shape index (κ1) is 19.4. The Morgan fingerprint density at radius 2 is 2.07 bits per heavy atom.